The van der Waals surface area contributed by atoms with E-state index in [4.69, 9.17) is 16.3 Å². The minimum absolute atomic E-state index is 0.000839. The molecule has 1 N–H and O–H groups in total. The molecule has 0 aliphatic heterocycles. The second-order valence-electron chi connectivity index (χ2n) is 9.15. The molecule has 13 heteroatoms. The van der Waals surface area contributed by atoms with Gasteiger partial charge in [-0.25, -0.2) is 19.3 Å². The SMILES string of the molecule is Cc1c(OCc2cccc(C(F)(F)F)n2)nc(C)n(-c2cc(-c3nc(C(C)(C)O)ncc3F)ccc2Cl)c1=O. The van der Waals surface area contributed by atoms with E-state index in [0.717, 1.165) is 12.3 Å². The molecule has 0 aliphatic rings. The lowest BCUT2D eigenvalue weighted by molar-refractivity contribution is -0.141. The van der Waals surface area contributed by atoms with Gasteiger partial charge in [0.25, 0.3) is 5.56 Å². The van der Waals surface area contributed by atoms with E-state index in [0.29, 0.717) is 0 Å². The maximum absolute atomic E-state index is 14.7. The van der Waals surface area contributed by atoms with Gasteiger partial charge >= 0.3 is 6.18 Å². The number of aliphatic hydroxyl groups is 1. The molecule has 3 aromatic heterocycles. The van der Waals surface area contributed by atoms with Gasteiger partial charge in [0.15, 0.2) is 11.6 Å². The molecule has 4 rings (SSSR count). The quantitative estimate of drug-likeness (QED) is 0.317. The fourth-order valence-corrected chi connectivity index (χ4v) is 3.87. The van der Waals surface area contributed by atoms with Gasteiger partial charge in [0.05, 0.1) is 28.2 Å². The number of nitrogens with zero attached hydrogens (tertiary/aromatic N) is 5. The molecule has 0 unspecified atom stereocenters. The summed E-state index contributed by atoms with van der Waals surface area (Å²) >= 11 is 6.41. The molecule has 0 aliphatic carbocycles. The maximum Gasteiger partial charge on any atom is 0.433 e. The van der Waals surface area contributed by atoms with E-state index in [-0.39, 0.29) is 57.4 Å². The van der Waals surface area contributed by atoms with Gasteiger partial charge in [0, 0.05) is 5.56 Å². The Morgan fingerprint density at radius 1 is 1.08 bits per heavy atom. The van der Waals surface area contributed by atoms with Crippen LogP contribution in [-0.4, -0.2) is 29.6 Å². The van der Waals surface area contributed by atoms with Crippen LogP contribution in [0.2, 0.25) is 5.02 Å². The van der Waals surface area contributed by atoms with Gasteiger partial charge in [-0.1, -0.05) is 23.7 Å². The molecule has 1 aromatic carbocycles. The Labute approximate surface area is 225 Å². The van der Waals surface area contributed by atoms with Gasteiger partial charge in [0.2, 0.25) is 5.88 Å². The molecule has 3 heterocycles. The number of ether oxygens (including phenoxy) is 1. The van der Waals surface area contributed by atoms with Crippen molar-refractivity contribution in [3.05, 3.63) is 92.4 Å². The summed E-state index contributed by atoms with van der Waals surface area (Å²) in [5, 5.41) is 10.4. The Hall–Kier alpha value is -3.90. The van der Waals surface area contributed by atoms with Crippen LogP contribution in [0.25, 0.3) is 16.9 Å². The van der Waals surface area contributed by atoms with Gasteiger partial charge < -0.3 is 9.84 Å². The van der Waals surface area contributed by atoms with Gasteiger partial charge in [-0.15, -0.1) is 0 Å². The van der Waals surface area contributed by atoms with Crippen LogP contribution < -0.4 is 10.3 Å². The third-order valence-electron chi connectivity index (χ3n) is 5.64. The van der Waals surface area contributed by atoms with Gasteiger partial charge in [-0.2, -0.15) is 18.2 Å². The first-order valence-corrected chi connectivity index (χ1v) is 11.9. The summed E-state index contributed by atoms with van der Waals surface area (Å²) in [5.41, 5.74) is -2.65. The van der Waals surface area contributed by atoms with E-state index >= 15 is 0 Å². The van der Waals surface area contributed by atoms with Crippen molar-refractivity contribution in [1.29, 1.82) is 0 Å². The highest BCUT2D eigenvalue weighted by molar-refractivity contribution is 6.32. The summed E-state index contributed by atoms with van der Waals surface area (Å²) < 4.78 is 60.3. The Bertz CT molecular complexity index is 1620. The van der Waals surface area contributed by atoms with Crippen molar-refractivity contribution < 1.29 is 27.4 Å². The number of aromatic nitrogens is 5. The average molecular weight is 564 g/mol. The lowest BCUT2D eigenvalue weighted by Gasteiger charge is -2.18. The highest BCUT2D eigenvalue weighted by Gasteiger charge is 2.32. The zero-order valence-electron chi connectivity index (χ0n) is 21.1. The first-order valence-electron chi connectivity index (χ1n) is 11.5. The highest BCUT2D eigenvalue weighted by Crippen LogP contribution is 2.30. The van der Waals surface area contributed by atoms with Gasteiger partial charge in [-0.3, -0.25) is 9.36 Å². The molecule has 8 nitrogen and oxygen atoms in total. The second-order valence-corrected chi connectivity index (χ2v) is 9.55. The topological polar surface area (TPSA) is 103 Å². The van der Waals surface area contributed by atoms with Gasteiger partial charge in [-0.05, 0) is 52.0 Å². The molecule has 4 aromatic rings. The summed E-state index contributed by atoms with van der Waals surface area (Å²) in [5.74, 6) is -0.687. The van der Waals surface area contributed by atoms with Crippen molar-refractivity contribution in [2.75, 3.05) is 0 Å². The van der Waals surface area contributed by atoms with Crippen LogP contribution in [0.5, 0.6) is 5.88 Å². The van der Waals surface area contributed by atoms with E-state index in [1.165, 1.54) is 62.6 Å². The van der Waals surface area contributed by atoms with E-state index in [1.54, 1.807) is 0 Å². The number of pyridine rings is 1. The Balaban J connectivity index is 1.71. The first-order chi connectivity index (χ1) is 18.2. The van der Waals surface area contributed by atoms with Crippen molar-refractivity contribution >= 4 is 11.6 Å². The maximum atomic E-state index is 14.7. The molecule has 0 saturated heterocycles. The summed E-state index contributed by atoms with van der Waals surface area (Å²) in [4.78, 5) is 29.2. The standard InChI is InChI=1S/C26H22ClF4N5O3/c1-13-22(39-12-16-6-5-7-20(34-16)26(29,30)31)33-14(2)36(23(13)37)19-10-15(8-9-17(19)27)21-18(28)11-32-24(35-21)25(3,4)38/h5-11,38H,12H2,1-4H3. The predicted octanol–water partition coefficient (Wildman–Crippen LogP) is 5.32. The molecule has 204 valence electrons. The summed E-state index contributed by atoms with van der Waals surface area (Å²) in [6.07, 6.45) is -3.67. The number of halogens is 5. The molecular weight excluding hydrogens is 542 g/mol. The highest BCUT2D eigenvalue weighted by atomic mass is 35.5. The third-order valence-corrected chi connectivity index (χ3v) is 5.96. The summed E-state index contributed by atoms with van der Waals surface area (Å²) in [6.45, 7) is 5.52. The monoisotopic (exact) mass is 563 g/mol. The Kier molecular flexibility index (Phi) is 7.46. The summed E-state index contributed by atoms with van der Waals surface area (Å²) in [6, 6.07) is 7.82. The van der Waals surface area contributed by atoms with E-state index in [9.17, 15) is 27.5 Å². The van der Waals surface area contributed by atoms with Crippen LogP contribution in [-0.2, 0) is 18.4 Å². The van der Waals surface area contributed by atoms with Crippen molar-refractivity contribution in [3.63, 3.8) is 0 Å². The number of hydrogen-bond donors (Lipinski definition) is 1. The van der Waals surface area contributed by atoms with E-state index in [1.807, 2.05) is 0 Å². The predicted molar refractivity (Wildman–Crippen MR) is 134 cm³/mol. The minimum atomic E-state index is -4.61. The molecular formula is C26H22ClF4N5O3. The zero-order valence-corrected chi connectivity index (χ0v) is 21.9. The second kappa shape index (κ2) is 10.3. The number of rotatable bonds is 6. The van der Waals surface area contributed by atoms with E-state index < -0.39 is 28.8 Å². The fourth-order valence-electron chi connectivity index (χ4n) is 3.67. The first kappa shape index (κ1) is 28.1. The van der Waals surface area contributed by atoms with Crippen molar-refractivity contribution in [2.24, 2.45) is 0 Å². The lowest BCUT2D eigenvalue weighted by atomic mass is 10.1. The molecule has 0 bridgehead atoms. The normalized spacial score (nSPS) is 12.1. The van der Waals surface area contributed by atoms with Crippen molar-refractivity contribution in [2.45, 2.75) is 46.1 Å². The van der Waals surface area contributed by atoms with Crippen LogP contribution >= 0.6 is 11.6 Å². The number of hydrogen-bond acceptors (Lipinski definition) is 7. The average Bonchev–Trinajstić information content (AvgIpc) is 2.86. The van der Waals surface area contributed by atoms with Crippen LogP contribution in [0.15, 0.2) is 47.4 Å². The fraction of sp³-hybridized carbons (Fsp3) is 0.269. The number of aryl methyl sites for hydroxylation is 1. The number of alkyl halides is 3. The minimum Gasteiger partial charge on any atom is -0.471 e. The molecule has 0 spiro atoms. The van der Waals surface area contributed by atoms with E-state index in [2.05, 4.69) is 19.9 Å². The molecule has 0 atom stereocenters. The van der Waals surface area contributed by atoms with Crippen molar-refractivity contribution in [3.8, 4) is 22.8 Å². The molecule has 39 heavy (non-hydrogen) atoms. The van der Waals surface area contributed by atoms with Crippen molar-refractivity contribution in [1.82, 2.24) is 24.5 Å². The molecule has 0 saturated carbocycles. The van der Waals surface area contributed by atoms with Crippen LogP contribution in [0, 0.1) is 19.7 Å². The zero-order chi connectivity index (χ0) is 28.7. The van der Waals surface area contributed by atoms with Crippen LogP contribution in [0.4, 0.5) is 17.6 Å². The smallest absolute Gasteiger partial charge is 0.433 e. The molecule has 0 radical (unpaired) electrons. The lowest BCUT2D eigenvalue weighted by Crippen LogP contribution is -2.25. The van der Waals surface area contributed by atoms with Crippen LogP contribution in [0.1, 0.15) is 42.4 Å². The number of benzene rings is 1. The van der Waals surface area contributed by atoms with Gasteiger partial charge in [0.1, 0.15) is 29.4 Å². The Morgan fingerprint density at radius 3 is 2.46 bits per heavy atom. The third kappa shape index (κ3) is 5.91. The molecule has 0 fully saturated rings. The summed E-state index contributed by atoms with van der Waals surface area (Å²) in [7, 11) is 0. The van der Waals surface area contributed by atoms with Crippen LogP contribution in [0.3, 0.4) is 0 Å². The molecule has 0 amide bonds. The Morgan fingerprint density at radius 2 is 1.79 bits per heavy atom. The largest absolute Gasteiger partial charge is 0.471 e.